The van der Waals surface area contributed by atoms with Gasteiger partial charge in [-0.3, -0.25) is 4.98 Å². The van der Waals surface area contributed by atoms with Gasteiger partial charge in [0.15, 0.2) is 0 Å². The molecule has 0 unspecified atom stereocenters. The van der Waals surface area contributed by atoms with Crippen LogP contribution in [0.25, 0.3) is 11.1 Å². The molecular weight excluding hydrogens is 215 g/mol. The third kappa shape index (κ3) is 2.13. The Morgan fingerprint density at radius 1 is 1.33 bits per heavy atom. The van der Waals surface area contributed by atoms with Crippen LogP contribution in [0.3, 0.4) is 0 Å². The molecule has 4 heteroatoms. The third-order valence-electron chi connectivity index (χ3n) is 2.02. The molecule has 0 saturated heterocycles. The van der Waals surface area contributed by atoms with Gasteiger partial charge in [-0.25, -0.2) is 4.98 Å². The van der Waals surface area contributed by atoms with Crippen LogP contribution in [-0.2, 0) is 5.88 Å². The SMILES string of the molecule is Fc1ncc(CCl)cc1-c1cccnc1. The molecule has 0 aliphatic carbocycles. The molecule has 2 nitrogen and oxygen atoms in total. The lowest BCUT2D eigenvalue weighted by Crippen LogP contribution is -1.92. The van der Waals surface area contributed by atoms with Gasteiger partial charge in [-0.05, 0) is 17.7 Å². The lowest BCUT2D eigenvalue weighted by Gasteiger charge is -2.03. The fourth-order valence-electron chi connectivity index (χ4n) is 1.29. The maximum Gasteiger partial charge on any atom is 0.220 e. The van der Waals surface area contributed by atoms with E-state index in [9.17, 15) is 4.39 Å². The predicted molar refractivity (Wildman–Crippen MR) is 57.0 cm³/mol. The second kappa shape index (κ2) is 4.36. The molecule has 0 N–H and O–H groups in total. The summed E-state index contributed by atoms with van der Waals surface area (Å²) in [5.74, 6) is -0.183. The highest BCUT2D eigenvalue weighted by Crippen LogP contribution is 2.21. The molecule has 0 aromatic carbocycles. The minimum absolute atomic E-state index is 0.320. The average Bonchev–Trinajstić information content (AvgIpc) is 2.31. The van der Waals surface area contributed by atoms with Crippen molar-refractivity contribution in [1.29, 1.82) is 0 Å². The van der Waals surface area contributed by atoms with Crippen LogP contribution in [0.2, 0.25) is 0 Å². The Labute approximate surface area is 91.8 Å². The van der Waals surface area contributed by atoms with Gasteiger partial charge in [0.25, 0.3) is 0 Å². The first kappa shape index (κ1) is 10.1. The molecule has 0 atom stereocenters. The smallest absolute Gasteiger partial charge is 0.220 e. The molecule has 0 aliphatic heterocycles. The standard InChI is InChI=1S/C11H8ClFN2/c12-5-8-4-10(11(13)15-6-8)9-2-1-3-14-7-9/h1-4,6-7H,5H2. The zero-order valence-electron chi connectivity index (χ0n) is 7.82. The van der Waals surface area contributed by atoms with Crippen LogP contribution in [0.5, 0.6) is 0 Å². The van der Waals surface area contributed by atoms with Crippen LogP contribution in [0.15, 0.2) is 36.8 Å². The van der Waals surface area contributed by atoms with Gasteiger partial charge in [0.2, 0.25) is 5.95 Å². The van der Waals surface area contributed by atoms with Crippen molar-refractivity contribution in [1.82, 2.24) is 9.97 Å². The molecule has 0 saturated carbocycles. The van der Waals surface area contributed by atoms with Crippen molar-refractivity contribution in [3.8, 4) is 11.1 Å². The molecule has 0 amide bonds. The summed E-state index contributed by atoms with van der Waals surface area (Å²) in [5, 5.41) is 0. The summed E-state index contributed by atoms with van der Waals surface area (Å²) in [5.41, 5.74) is 1.92. The van der Waals surface area contributed by atoms with Crippen molar-refractivity contribution in [2.75, 3.05) is 0 Å². The molecule has 76 valence electrons. The number of nitrogens with zero attached hydrogens (tertiary/aromatic N) is 2. The normalized spacial score (nSPS) is 10.3. The highest BCUT2D eigenvalue weighted by molar-refractivity contribution is 6.17. The highest BCUT2D eigenvalue weighted by Gasteiger charge is 2.07. The number of rotatable bonds is 2. The van der Waals surface area contributed by atoms with E-state index in [1.165, 1.54) is 6.20 Å². The molecule has 15 heavy (non-hydrogen) atoms. The monoisotopic (exact) mass is 222 g/mol. The molecule has 0 bridgehead atoms. The van der Waals surface area contributed by atoms with Crippen molar-refractivity contribution >= 4 is 11.6 Å². The summed E-state index contributed by atoms with van der Waals surface area (Å²) in [7, 11) is 0. The summed E-state index contributed by atoms with van der Waals surface area (Å²) in [6.07, 6.45) is 4.67. The topological polar surface area (TPSA) is 25.8 Å². The van der Waals surface area contributed by atoms with Gasteiger partial charge in [0, 0.05) is 35.6 Å². The lowest BCUT2D eigenvalue weighted by atomic mass is 10.1. The van der Waals surface area contributed by atoms with Crippen LogP contribution < -0.4 is 0 Å². The van der Waals surface area contributed by atoms with E-state index in [-0.39, 0.29) is 0 Å². The predicted octanol–water partition coefficient (Wildman–Crippen LogP) is 3.02. The van der Waals surface area contributed by atoms with Crippen LogP contribution >= 0.6 is 11.6 Å². The number of aromatic nitrogens is 2. The van der Waals surface area contributed by atoms with E-state index in [0.29, 0.717) is 17.0 Å². The number of hydrogen-bond donors (Lipinski definition) is 0. The Kier molecular flexibility index (Phi) is 2.92. The van der Waals surface area contributed by atoms with E-state index in [0.717, 1.165) is 5.56 Å². The number of pyridine rings is 2. The fourth-order valence-corrected chi connectivity index (χ4v) is 1.44. The lowest BCUT2D eigenvalue weighted by molar-refractivity contribution is 0.586. The van der Waals surface area contributed by atoms with E-state index in [2.05, 4.69) is 9.97 Å². The Hall–Kier alpha value is -1.48. The number of alkyl halides is 1. The summed E-state index contributed by atoms with van der Waals surface area (Å²) in [4.78, 5) is 7.58. The van der Waals surface area contributed by atoms with Crippen molar-refractivity contribution in [3.63, 3.8) is 0 Å². The van der Waals surface area contributed by atoms with Crippen molar-refractivity contribution in [2.24, 2.45) is 0 Å². The molecule has 2 aromatic rings. The quantitative estimate of drug-likeness (QED) is 0.577. The zero-order chi connectivity index (χ0) is 10.7. The highest BCUT2D eigenvalue weighted by atomic mass is 35.5. The maximum absolute atomic E-state index is 13.4. The molecule has 0 radical (unpaired) electrons. The first-order chi connectivity index (χ1) is 7.31. The van der Waals surface area contributed by atoms with Gasteiger partial charge < -0.3 is 0 Å². The van der Waals surface area contributed by atoms with E-state index < -0.39 is 5.95 Å². The summed E-state index contributed by atoms with van der Waals surface area (Å²) >= 11 is 5.66. The van der Waals surface area contributed by atoms with Crippen LogP contribution in [0, 0.1) is 5.95 Å². The van der Waals surface area contributed by atoms with Crippen LogP contribution in [0.1, 0.15) is 5.56 Å². The minimum atomic E-state index is -0.503. The Bertz CT molecular complexity index is 459. The van der Waals surface area contributed by atoms with E-state index >= 15 is 0 Å². The molecule has 0 spiro atoms. The van der Waals surface area contributed by atoms with E-state index in [1.54, 1.807) is 30.6 Å². The minimum Gasteiger partial charge on any atom is -0.264 e. The second-order valence-electron chi connectivity index (χ2n) is 3.06. The second-order valence-corrected chi connectivity index (χ2v) is 3.32. The maximum atomic E-state index is 13.4. The van der Waals surface area contributed by atoms with Gasteiger partial charge in [-0.2, -0.15) is 4.39 Å². The van der Waals surface area contributed by atoms with Crippen LogP contribution in [0.4, 0.5) is 4.39 Å². The molecule has 0 fully saturated rings. The van der Waals surface area contributed by atoms with Gasteiger partial charge in [-0.1, -0.05) is 6.07 Å². The molecule has 2 heterocycles. The average molecular weight is 223 g/mol. The fraction of sp³-hybridized carbons (Fsp3) is 0.0909. The summed E-state index contributed by atoms with van der Waals surface area (Å²) < 4.78 is 13.4. The molecule has 2 rings (SSSR count). The Morgan fingerprint density at radius 2 is 2.20 bits per heavy atom. The van der Waals surface area contributed by atoms with Crippen molar-refractivity contribution in [3.05, 3.63) is 48.3 Å². The molecule has 0 aliphatic rings. The Morgan fingerprint density at radius 3 is 2.87 bits per heavy atom. The first-order valence-electron chi connectivity index (χ1n) is 4.42. The van der Waals surface area contributed by atoms with Gasteiger partial charge in [-0.15, -0.1) is 11.6 Å². The van der Waals surface area contributed by atoms with Gasteiger partial charge in [0.1, 0.15) is 0 Å². The van der Waals surface area contributed by atoms with Crippen molar-refractivity contribution in [2.45, 2.75) is 5.88 Å². The molecular formula is C11H8ClFN2. The molecule has 2 aromatic heterocycles. The summed E-state index contributed by atoms with van der Waals surface area (Å²) in [6, 6.07) is 5.22. The van der Waals surface area contributed by atoms with E-state index in [1.807, 2.05) is 0 Å². The largest absolute Gasteiger partial charge is 0.264 e. The van der Waals surface area contributed by atoms with Crippen molar-refractivity contribution < 1.29 is 4.39 Å². The summed E-state index contributed by atoms with van der Waals surface area (Å²) in [6.45, 7) is 0. The van der Waals surface area contributed by atoms with Gasteiger partial charge in [0.05, 0.1) is 0 Å². The third-order valence-corrected chi connectivity index (χ3v) is 2.33. The number of hydrogen-bond acceptors (Lipinski definition) is 2. The first-order valence-corrected chi connectivity index (χ1v) is 4.95. The van der Waals surface area contributed by atoms with Crippen LogP contribution in [-0.4, -0.2) is 9.97 Å². The zero-order valence-corrected chi connectivity index (χ0v) is 8.58. The van der Waals surface area contributed by atoms with E-state index in [4.69, 9.17) is 11.6 Å². The number of halogens is 2. The Balaban J connectivity index is 2.52. The van der Waals surface area contributed by atoms with Gasteiger partial charge >= 0.3 is 0 Å².